The zero-order valence-corrected chi connectivity index (χ0v) is 10.2. The van der Waals surface area contributed by atoms with E-state index >= 15 is 0 Å². The van der Waals surface area contributed by atoms with E-state index < -0.39 is 12.2 Å². The molecule has 92 valence electrons. The van der Waals surface area contributed by atoms with Crippen molar-refractivity contribution < 1.29 is 13.2 Å². The van der Waals surface area contributed by atoms with Crippen molar-refractivity contribution >= 4 is 35.6 Å². The van der Waals surface area contributed by atoms with E-state index in [9.17, 15) is 13.2 Å². The predicted octanol–water partition coefficient (Wildman–Crippen LogP) is 3.85. The number of rotatable bonds is 2. The molecule has 0 heterocycles. The molecule has 0 saturated heterocycles. The maximum Gasteiger partial charge on any atom is 0.403 e. The molecule has 2 N–H and O–H groups in total. The summed E-state index contributed by atoms with van der Waals surface area (Å²) in [4.78, 5) is 0. The molecule has 1 aromatic rings. The molecule has 1 unspecified atom stereocenters. The molecular weight excluding hydrogens is 285 g/mol. The van der Waals surface area contributed by atoms with Crippen LogP contribution in [0.25, 0.3) is 0 Å². The van der Waals surface area contributed by atoms with Crippen molar-refractivity contribution in [2.24, 2.45) is 5.73 Å². The van der Waals surface area contributed by atoms with Crippen LogP contribution in [0.4, 0.5) is 13.2 Å². The third kappa shape index (κ3) is 4.37. The molecule has 0 aliphatic rings. The van der Waals surface area contributed by atoms with Gasteiger partial charge in [-0.05, 0) is 24.1 Å². The van der Waals surface area contributed by atoms with Crippen LogP contribution in [0, 0.1) is 0 Å². The van der Waals surface area contributed by atoms with Crippen molar-refractivity contribution in [2.75, 3.05) is 0 Å². The summed E-state index contributed by atoms with van der Waals surface area (Å²) in [5.41, 5.74) is 5.38. The molecule has 0 aliphatic heterocycles. The van der Waals surface area contributed by atoms with E-state index in [2.05, 4.69) is 0 Å². The van der Waals surface area contributed by atoms with Crippen LogP contribution in [0.2, 0.25) is 10.0 Å². The summed E-state index contributed by atoms with van der Waals surface area (Å²) in [6.07, 6.45) is -4.70. The molecular formula is C9H9Cl3F3N. The minimum absolute atomic E-state index is 0. The first-order valence-electron chi connectivity index (χ1n) is 4.07. The molecule has 1 nitrogen and oxygen atoms in total. The lowest BCUT2D eigenvalue weighted by molar-refractivity contribution is -0.147. The summed E-state index contributed by atoms with van der Waals surface area (Å²) in [6.45, 7) is 0. The highest BCUT2D eigenvalue weighted by Gasteiger charge is 2.36. The average molecular weight is 295 g/mol. The van der Waals surface area contributed by atoms with Gasteiger partial charge in [0.05, 0.1) is 10.0 Å². The maximum absolute atomic E-state index is 12.1. The van der Waals surface area contributed by atoms with Crippen LogP contribution in [0.1, 0.15) is 5.56 Å². The Morgan fingerprint density at radius 2 is 1.75 bits per heavy atom. The first kappa shape index (κ1) is 15.8. The van der Waals surface area contributed by atoms with Crippen LogP contribution in [0.3, 0.4) is 0 Å². The smallest absolute Gasteiger partial charge is 0.320 e. The molecule has 1 rings (SSSR count). The van der Waals surface area contributed by atoms with Crippen molar-refractivity contribution in [2.45, 2.75) is 18.6 Å². The van der Waals surface area contributed by atoms with Gasteiger partial charge in [-0.2, -0.15) is 13.2 Å². The quantitative estimate of drug-likeness (QED) is 0.881. The highest BCUT2D eigenvalue weighted by atomic mass is 35.5. The fraction of sp³-hybridized carbons (Fsp3) is 0.333. The van der Waals surface area contributed by atoms with Gasteiger partial charge >= 0.3 is 6.18 Å². The monoisotopic (exact) mass is 293 g/mol. The fourth-order valence-electron chi connectivity index (χ4n) is 1.04. The summed E-state index contributed by atoms with van der Waals surface area (Å²) < 4.78 is 36.4. The third-order valence-corrected chi connectivity index (χ3v) is 2.60. The lowest BCUT2D eigenvalue weighted by Crippen LogP contribution is -2.39. The van der Waals surface area contributed by atoms with E-state index in [1.807, 2.05) is 0 Å². The highest BCUT2D eigenvalue weighted by Crippen LogP contribution is 2.26. The van der Waals surface area contributed by atoms with Crippen molar-refractivity contribution in [3.05, 3.63) is 33.8 Å². The molecule has 1 atom stereocenters. The second kappa shape index (κ2) is 5.96. The maximum atomic E-state index is 12.1. The van der Waals surface area contributed by atoms with Crippen molar-refractivity contribution in [1.29, 1.82) is 0 Å². The number of benzene rings is 1. The number of hydrogen-bond donors (Lipinski definition) is 1. The SMILES string of the molecule is Cl.NC(Cc1ccc(Cl)c(Cl)c1)C(F)(F)F. The fourth-order valence-corrected chi connectivity index (χ4v) is 1.36. The minimum Gasteiger partial charge on any atom is -0.320 e. The lowest BCUT2D eigenvalue weighted by atomic mass is 10.1. The van der Waals surface area contributed by atoms with Gasteiger partial charge in [0, 0.05) is 0 Å². The standard InChI is InChI=1S/C9H8Cl2F3N.ClH/c10-6-2-1-5(3-7(6)11)4-8(15)9(12,13)14;/h1-3,8H,4,15H2;1H. The van der Waals surface area contributed by atoms with E-state index in [1.165, 1.54) is 18.2 Å². The molecule has 0 amide bonds. The topological polar surface area (TPSA) is 26.0 Å². The Kier molecular flexibility index (Phi) is 5.90. The van der Waals surface area contributed by atoms with Crippen molar-refractivity contribution in [3.8, 4) is 0 Å². The molecule has 0 saturated carbocycles. The number of hydrogen-bond acceptors (Lipinski definition) is 1. The van der Waals surface area contributed by atoms with Crippen LogP contribution in [-0.4, -0.2) is 12.2 Å². The predicted molar refractivity (Wildman–Crippen MR) is 61.4 cm³/mol. The first-order chi connectivity index (χ1) is 6.80. The lowest BCUT2D eigenvalue weighted by Gasteiger charge is -2.15. The number of alkyl halides is 3. The Balaban J connectivity index is 0.00000225. The Hall–Kier alpha value is -0.160. The van der Waals surface area contributed by atoms with Crippen LogP contribution in [0.5, 0.6) is 0 Å². The summed E-state index contributed by atoms with van der Waals surface area (Å²) in [7, 11) is 0. The van der Waals surface area contributed by atoms with Gasteiger partial charge in [0.25, 0.3) is 0 Å². The van der Waals surface area contributed by atoms with Gasteiger partial charge in [0.1, 0.15) is 6.04 Å². The Labute approximate surface area is 107 Å². The Morgan fingerprint density at radius 3 is 2.19 bits per heavy atom. The van der Waals surface area contributed by atoms with Gasteiger partial charge in [-0.1, -0.05) is 29.3 Å². The summed E-state index contributed by atoms with van der Waals surface area (Å²) in [5.74, 6) is 0. The van der Waals surface area contributed by atoms with Crippen LogP contribution < -0.4 is 5.73 Å². The van der Waals surface area contributed by atoms with E-state index in [4.69, 9.17) is 28.9 Å². The van der Waals surface area contributed by atoms with E-state index in [0.29, 0.717) is 10.6 Å². The largest absolute Gasteiger partial charge is 0.403 e. The molecule has 7 heteroatoms. The summed E-state index contributed by atoms with van der Waals surface area (Å²) in [6, 6.07) is 2.42. The van der Waals surface area contributed by atoms with Gasteiger partial charge in [-0.15, -0.1) is 12.4 Å². The van der Waals surface area contributed by atoms with E-state index in [-0.39, 0.29) is 23.9 Å². The van der Waals surface area contributed by atoms with Gasteiger partial charge in [0.2, 0.25) is 0 Å². The molecule has 0 bridgehead atoms. The summed E-state index contributed by atoms with van der Waals surface area (Å²) in [5, 5.41) is 0.532. The van der Waals surface area contributed by atoms with Crippen LogP contribution in [-0.2, 0) is 6.42 Å². The molecule has 0 aromatic heterocycles. The van der Waals surface area contributed by atoms with Crippen LogP contribution in [0.15, 0.2) is 18.2 Å². The first-order valence-corrected chi connectivity index (χ1v) is 4.82. The normalized spacial score (nSPS) is 13.1. The third-order valence-electron chi connectivity index (χ3n) is 1.86. The molecule has 0 aliphatic carbocycles. The van der Waals surface area contributed by atoms with Crippen LogP contribution >= 0.6 is 35.6 Å². The van der Waals surface area contributed by atoms with Crippen molar-refractivity contribution in [3.63, 3.8) is 0 Å². The van der Waals surface area contributed by atoms with Gasteiger partial charge < -0.3 is 5.73 Å². The number of nitrogens with two attached hydrogens (primary N) is 1. The Bertz CT molecular complexity index is 354. The highest BCUT2D eigenvalue weighted by molar-refractivity contribution is 6.42. The minimum atomic E-state index is -4.40. The second-order valence-electron chi connectivity index (χ2n) is 3.10. The Morgan fingerprint density at radius 1 is 1.19 bits per heavy atom. The molecule has 0 fully saturated rings. The average Bonchev–Trinajstić information content (AvgIpc) is 2.10. The van der Waals surface area contributed by atoms with E-state index in [1.54, 1.807) is 0 Å². The zero-order chi connectivity index (χ0) is 11.6. The summed E-state index contributed by atoms with van der Waals surface area (Å²) >= 11 is 11.3. The second-order valence-corrected chi connectivity index (χ2v) is 3.92. The molecule has 1 aromatic carbocycles. The van der Waals surface area contributed by atoms with Gasteiger partial charge in [0.15, 0.2) is 0 Å². The number of halogens is 6. The van der Waals surface area contributed by atoms with E-state index in [0.717, 1.165) is 0 Å². The molecule has 0 radical (unpaired) electrons. The molecule has 0 spiro atoms. The zero-order valence-electron chi connectivity index (χ0n) is 7.89. The molecule has 16 heavy (non-hydrogen) atoms. The van der Waals surface area contributed by atoms with Gasteiger partial charge in [-0.3, -0.25) is 0 Å². The van der Waals surface area contributed by atoms with Crippen molar-refractivity contribution in [1.82, 2.24) is 0 Å². The van der Waals surface area contributed by atoms with Gasteiger partial charge in [-0.25, -0.2) is 0 Å².